The fourth-order valence-electron chi connectivity index (χ4n) is 6.05. The Bertz CT molecular complexity index is 662. The summed E-state index contributed by atoms with van der Waals surface area (Å²) in [6.07, 6.45) is 7.99. The normalized spacial score (nSPS) is 32.9. The van der Waals surface area contributed by atoms with Gasteiger partial charge in [-0.2, -0.15) is 0 Å². The molecule has 4 fully saturated rings. The van der Waals surface area contributed by atoms with Crippen LogP contribution in [0.2, 0.25) is 0 Å². The van der Waals surface area contributed by atoms with Gasteiger partial charge >= 0.3 is 0 Å². The number of nitrogen functional groups attached to an aromatic ring is 1. The van der Waals surface area contributed by atoms with Crippen LogP contribution in [0.5, 0.6) is 0 Å². The van der Waals surface area contributed by atoms with Crippen molar-refractivity contribution in [2.24, 2.45) is 23.2 Å². The van der Waals surface area contributed by atoms with Crippen LogP contribution in [-0.2, 0) is 4.79 Å². The third-order valence-corrected chi connectivity index (χ3v) is 6.96. The molecule has 0 saturated heterocycles. The zero-order valence-corrected chi connectivity index (χ0v) is 15.5. The topological polar surface area (TPSA) is 84.2 Å². The molecular formula is C21H29N3O2. The van der Waals surface area contributed by atoms with Crippen LogP contribution in [0.1, 0.15) is 55.8 Å². The molecule has 0 aromatic heterocycles. The molecule has 0 radical (unpaired) electrons. The van der Waals surface area contributed by atoms with Crippen molar-refractivity contribution in [1.29, 1.82) is 0 Å². The third-order valence-electron chi connectivity index (χ3n) is 6.96. The number of carbonyl (C=O) groups is 2. The molecule has 4 saturated carbocycles. The summed E-state index contributed by atoms with van der Waals surface area (Å²) in [4.78, 5) is 24.5. The molecule has 4 aliphatic rings. The van der Waals surface area contributed by atoms with Gasteiger partial charge in [-0.1, -0.05) is 0 Å². The van der Waals surface area contributed by atoms with Crippen molar-refractivity contribution < 1.29 is 9.59 Å². The number of nitrogens with two attached hydrogens (primary N) is 1. The maximum absolute atomic E-state index is 12.4. The molecule has 0 heterocycles. The molecule has 4 aliphatic carbocycles. The Morgan fingerprint density at radius 1 is 1.08 bits per heavy atom. The molecule has 26 heavy (non-hydrogen) atoms. The largest absolute Gasteiger partial charge is 0.399 e. The van der Waals surface area contributed by atoms with Crippen molar-refractivity contribution in [3.05, 3.63) is 29.8 Å². The Hall–Kier alpha value is -2.04. The van der Waals surface area contributed by atoms with Crippen molar-refractivity contribution in [3.63, 3.8) is 0 Å². The highest BCUT2D eigenvalue weighted by molar-refractivity contribution is 5.96. The Kier molecular flexibility index (Phi) is 4.41. The number of rotatable bonds is 5. The Morgan fingerprint density at radius 3 is 2.15 bits per heavy atom. The summed E-state index contributed by atoms with van der Waals surface area (Å²) in [5.41, 5.74) is 7.04. The number of carbonyl (C=O) groups excluding carboxylic acids is 2. The van der Waals surface area contributed by atoms with Crippen LogP contribution in [0.3, 0.4) is 0 Å². The van der Waals surface area contributed by atoms with Gasteiger partial charge in [0.15, 0.2) is 0 Å². The van der Waals surface area contributed by atoms with E-state index in [1.165, 1.54) is 38.5 Å². The summed E-state index contributed by atoms with van der Waals surface area (Å²) in [6.45, 7) is 2.17. The van der Waals surface area contributed by atoms with Gasteiger partial charge in [-0.25, -0.2) is 0 Å². The molecule has 5 heteroatoms. The molecule has 5 nitrogen and oxygen atoms in total. The number of nitrogens with one attached hydrogen (secondary N) is 2. The van der Waals surface area contributed by atoms with Crippen molar-refractivity contribution >= 4 is 17.5 Å². The van der Waals surface area contributed by atoms with Gasteiger partial charge in [0.2, 0.25) is 5.91 Å². The molecule has 0 unspecified atom stereocenters. The Balaban J connectivity index is 1.31. The third kappa shape index (κ3) is 3.31. The highest BCUT2D eigenvalue weighted by atomic mass is 16.2. The average Bonchev–Trinajstić information content (AvgIpc) is 2.59. The van der Waals surface area contributed by atoms with Crippen molar-refractivity contribution in [3.8, 4) is 0 Å². The van der Waals surface area contributed by atoms with Gasteiger partial charge in [-0.15, -0.1) is 0 Å². The molecule has 5 rings (SSSR count). The molecule has 1 aromatic rings. The minimum absolute atomic E-state index is 0.0138. The molecule has 1 aromatic carbocycles. The fraction of sp³-hybridized carbons (Fsp3) is 0.619. The summed E-state index contributed by atoms with van der Waals surface area (Å²) in [7, 11) is 0. The van der Waals surface area contributed by atoms with Gasteiger partial charge in [0.1, 0.15) is 0 Å². The standard InChI is InChI=1S/C21H29N3O2/c1-13(21-9-14-6-15(10-21)8-16(7-14)11-21)24-19(25)12-23-20(26)17-2-4-18(22)5-3-17/h2-5,13-16H,6-12,22H2,1H3,(H,23,26)(H,24,25)/t13-,14?,15?,16?,21?/m1/s1. The van der Waals surface area contributed by atoms with E-state index in [1.54, 1.807) is 24.3 Å². The number of hydrogen-bond acceptors (Lipinski definition) is 3. The zero-order chi connectivity index (χ0) is 18.3. The lowest BCUT2D eigenvalue weighted by molar-refractivity contribution is -0.124. The van der Waals surface area contributed by atoms with Gasteiger partial charge in [0, 0.05) is 17.3 Å². The second kappa shape index (κ2) is 6.60. The van der Waals surface area contributed by atoms with Crippen LogP contribution in [0, 0.1) is 23.2 Å². The van der Waals surface area contributed by atoms with E-state index >= 15 is 0 Å². The number of anilines is 1. The highest BCUT2D eigenvalue weighted by Crippen LogP contribution is 2.61. The average molecular weight is 355 g/mol. The number of benzene rings is 1. The quantitative estimate of drug-likeness (QED) is 0.710. The number of hydrogen-bond donors (Lipinski definition) is 3. The molecule has 4 N–H and O–H groups in total. The van der Waals surface area contributed by atoms with Crippen molar-refractivity contribution in [1.82, 2.24) is 10.6 Å². The van der Waals surface area contributed by atoms with Crippen LogP contribution < -0.4 is 16.4 Å². The lowest BCUT2D eigenvalue weighted by Gasteiger charge is -2.59. The molecule has 0 spiro atoms. The minimum atomic E-state index is -0.248. The van der Waals surface area contributed by atoms with Crippen LogP contribution in [-0.4, -0.2) is 24.4 Å². The van der Waals surface area contributed by atoms with E-state index in [0.29, 0.717) is 11.3 Å². The lowest BCUT2D eigenvalue weighted by atomic mass is 9.48. The second-order valence-electron chi connectivity index (χ2n) is 8.87. The van der Waals surface area contributed by atoms with E-state index in [4.69, 9.17) is 5.73 Å². The van der Waals surface area contributed by atoms with Gasteiger partial charge in [0.25, 0.3) is 5.91 Å². The Morgan fingerprint density at radius 2 is 1.62 bits per heavy atom. The van der Waals surface area contributed by atoms with Crippen LogP contribution in [0.15, 0.2) is 24.3 Å². The smallest absolute Gasteiger partial charge is 0.251 e. The predicted octanol–water partition coefficient (Wildman–Crippen LogP) is 2.72. The first-order chi connectivity index (χ1) is 12.4. The predicted molar refractivity (Wildman–Crippen MR) is 101 cm³/mol. The van der Waals surface area contributed by atoms with E-state index in [2.05, 4.69) is 17.6 Å². The summed E-state index contributed by atoms with van der Waals surface area (Å²) >= 11 is 0. The first kappa shape index (κ1) is 17.4. The fourth-order valence-corrected chi connectivity index (χ4v) is 6.05. The molecule has 2 amide bonds. The monoisotopic (exact) mass is 355 g/mol. The zero-order valence-electron chi connectivity index (χ0n) is 15.5. The molecule has 4 bridgehead atoms. The van der Waals surface area contributed by atoms with E-state index in [0.717, 1.165) is 17.8 Å². The van der Waals surface area contributed by atoms with E-state index < -0.39 is 0 Å². The highest BCUT2D eigenvalue weighted by Gasteiger charge is 2.53. The van der Waals surface area contributed by atoms with Gasteiger partial charge in [-0.05, 0) is 92.9 Å². The van der Waals surface area contributed by atoms with Gasteiger partial charge < -0.3 is 16.4 Å². The molecule has 1 atom stereocenters. The van der Waals surface area contributed by atoms with E-state index in [1.807, 2.05) is 0 Å². The summed E-state index contributed by atoms with van der Waals surface area (Å²) in [6, 6.07) is 6.88. The van der Waals surface area contributed by atoms with Crippen LogP contribution >= 0.6 is 0 Å². The minimum Gasteiger partial charge on any atom is -0.399 e. The van der Waals surface area contributed by atoms with Crippen molar-refractivity contribution in [2.75, 3.05) is 12.3 Å². The van der Waals surface area contributed by atoms with Crippen molar-refractivity contribution in [2.45, 2.75) is 51.5 Å². The summed E-state index contributed by atoms with van der Waals surface area (Å²) < 4.78 is 0. The van der Waals surface area contributed by atoms with E-state index in [9.17, 15) is 9.59 Å². The first-order valence-electron chi connectivity index (χ1n) is 9.86. The first-order valence-corrected chi connectivity index (χ1v) is 9.86. The van der Waals surface area contributed by atoms with Crippen LogP contribution in [0.4, 0.5) is 5.69 Å². The summed E-state index contributed by atoms with van der Waals surface area (Å²) in [5, 5.41) is 5.88. The molecular weight excluding hydrogens is 326 g/mol. The van der Waals surface area contributed by atoms with Crippen LogP contribution in [0.25, 0.3) is 0 Å². The second-order valence-corrected chi connectivity index (χ2v) is 8.87. The number of amides is 2. The van der Waals surface area contributed by atoms with E-state index in [-0.39, 0.29) is 29.8 Å². The van der Waals surface area contributed by atoms with Gasteiger partial charge in [-0.3, -0.25) is 9.59 Å². The summed E-state index contributed by atoms with van der Waals surface area (Å²) in [5.74, 6) is 2.25. The maximum atomic E-state index is 12.4. The van der Waals surface area contributed by atoms with Gasteiger partial charge in [0.05, 0.1) is 6.54 Å². The SMILES string of the molecule is C[C@@H](NC(=O)CNC(=O)c1ccc(N)cc1)C12CC3CC(CC(C3)C1)C2. The maximum Gasteiger partial charge on any atom is 0.251 e. The Labute approximate surface area is 155 Å². The molecule has 140 valence electrons. The molecule has 0 aliphatic heterocycles. The lowest BCUT2D eigenvalue weighted by Crippen LogP contribution is -2.56.